The minimum Gasteiger partial charge on any atom is -0.393 e. The average Bonchev–Trinajstić information content (AvgIpc) is 2.95. The summed E-state index contributed by atoms with van der Waals surface area (Å²) in [5.74, 6) is 0.294. The second-order valence-corrected chi connectivity index (χ2v) is 13.7. The third kappa shape index (κ3) is 2.48. The molecule has 9 atom stereocenters. The number of hydrogen-bond acceptors (Lipinski definition) is 3. The highest BCUT2D eigenvalue weighted by Gasteiger charge is 2.77. The molecule has 5 rings (SSSR count). The van der Waals surface area contributed by atoms with Crippen molar-refractivity contribution < 1.29 is 10.2 Å². The number of pyridine rings is 1. The van der Waals surface area contributed by atoms with Crippen LogP contribution in [0.4, 0.5) is 0 Å². The normalized spacial score (nSPS) is 55.1. The smallest absolute Gasteiger partial charge is 0.0630 e. The van der Waals surface area contributed by atoms with Crippen LogP contribution in [0.2, 0.25) is 0 Å². The molecule has 2 N–H and O–H groups in total. The molecule has 4 fully saturated rings. The average molecular weight is 440 g/mol. The quantitative estimate of drug-likeness (QED) is 0.579. The summed E-state index contributed by atoms with van der Waals surface area (Å²) in [6, 6.07) is 4.18. The van der Waals surface area contributed by atoms with Crippen molar-refractivity contribution >= 4 is 0 Å². The minimum atomic E-state index is -0.261. The van der Waals surface area contributed by atoms with E-state index in [0.29, 0.717) is 5.92 Å². The SMILES string of the molecule is C[C@]12CC[C@@]3(C)[C@@](C)(CC[C@@]4(C)C(O)C(Cc5cccnc5)C[C@]34C)[C@]1(C)CC[C@@H](O)C2. The van der Waals surface area contributed by atoms with Gasteiger partial charge in [-0.2, -0.15) is 0 Å². The molecule has 1 aromatic rings. The lowest BCUT2D eigenvalue weighted by atomic mass is 9.27. The van der Waals surface area contributed by atoms with Crippen LogP contribution in [0, 0.1) is 38.4 Å². The van der Waals surface area contributed by atoms with Crippen molar-refractivity contribution in [2.75, 3.05) is 0 Å². The van der Waals surface area contributed by atoms with Crippen LogP contribution >= 0.6 is 0 Å². The highest BCUT2D eigenvalue weighted by Crippen LogP contribution is 2.83. The highest BCUT2D eigenvalue weighted by molar-refractivity contribution is 5.27. The van der Waals surface area contributed by atoms with Crippen molar-refractivity contribution in [2.24, 2.45) is 38.4 Å². The van der Waals surface area contributed by atoms with Crippen molar-refractivity contribution in [3.8, 4) is 0 Å². The van der Waals surface area contributed by atoms with Crippen LogP contribution < -0.4 is 0 Å². The zero-order chi connectivity index (χ0) is 23.2. The van der Waals surface area contributed by atoms with Crippen LogP contribution in [0.25, 0.3) is 0 Å². The van der Waals surface area contributed by atoms with Gasteiger partial charge in [-0.3, -0.25) is 4.98 Å². The molecule has 3 nitrogen and oxygen atoms in total. The molecule has 4 aliphatic carbocycles. The van der Waals surface area contributed by atoms with Crippen molar-refractivity contribution in [2.45, 2.75) is 112 Å². The topological polar surface area (TPSA) is 53.4 Å². The molecule has 0 amide bonds. The van der Waals surface area contributed by atoms with E-state index in [1.165, 1.54) is 24.8 Å². The third-order valence-electron chi connectivity index (χ3n) is 13.2. The number of aliphatic hydroxyl groups excluding tert-OH is 2. The molecule has 1 heterocycles. The summed E-state index contributed by atoms with van der Waals surface area (Å²) in [6.45, 7) is 15.2. The van der Waals surface area contributed by atoms with E-state index in [1.807, 2.05) is 18.5 Å². The maximum atomic E-state index is 11.8. The van der Waals surface area contributed by atoms with Crippen LogP contribution in [0.3, 0.4) is 0 Å². The summed E-state index contributed by atoms with van der Waals surface area (Å²) in [5, 5.41) is 22.4. The van der Waals surface area contributed by atoms with E-state index in [1.54, 1.807) is 0 Å². The predicted octanol–water partition coefficient (Wildman–Crippen LogP) is 6.18. The van der Waals surface area contributed by atoms with Gasteiger partial charge < -0.3 is 10.2 Å². The van der Waals surface area contributed by atoms with Gasteiger partial charge in [-0.25, -0.2) is 0 Å². The van der Waals surface area contributed by atoms with Gasteiger partial charge in [0.25, 0.3) is 0 Å². The Balaban J connectivity index is 1.56. The van der Waals surface area contributed by atoms with Crippen LogP contribution in [-0.2, 0) is 6.42 Å². The van der Waals surface area contributed by atoms with E-state index < -0.39 is 0 Å². The van der Waals surface area contributed by atoms with E-state index in [4.69, 9.17) is 0 Å². The Kier molecular flexibility index (Phi) is 4.86. The molecule has 0 spiro atoms. The van der Waals surface area contributed by atoms with Crippen molar-refractivity contribution in [1.82, 2.24) is 4.98 Å². The number of nitrogens with zero attached hydrogens (tertiary/aromatic N) is 1. The van der Waals surface area contributed by atoms with Crippen LogP contribution in [0.15, 0.2) is 24.5 Å². The standard InChI is InChI=1S/C29H45NO2/c1-24-11-13-28(5)27(4,26(24,3)10-9-22(31)18-24)14-12-25(2)23(32)21(17-29(25,28)6)16-20-8-7-15-30-19-20/h7-8,15,19,21-23,31-32H,9-14,16-18H2,1-6H3/t21?,22-,23?,24-,25+,26-,27+,28+,29+/m1/s1. The molecule has 0 saturated heterocycles. The van der Waals surface area contributed by atoms with Crippen molar-refractivity contribution in [1.29, 1.82) is 0 Å². The van der Waals surface area contributed by atoms with Gasteiger partial charge >= 0.3 is 0 Å². The second kappa shape index (κ2) is 6.81. The zero-order valence-corrected chi connectivity index (χ0v) is 21.2. The van der Waals surface area contributed by atoms with Crippen LogP contribution in [0.1, 0.15) is 98.5 Å². The fourth-order valence-electron chi connectivity index (χ4n) is 10.3. The zero-order valence-electron chi connectivity index (χ0n) is 21.2. The summed E-state index contributed by atoms with van der Waals surface area (Å²) in [5.41, 5.74) is 2.11. The van der Waals surface area contributed by atoms with E-state index in [9.17, 15) is 10.2 Å². The van der Waals surface area contributed by atoms with E-state index >= 15 is 0 Å². The van der Waals surface area contributed by atoms with Crippen LogP contribution in [0.5, 0.6) is 0 Å². The summed E-state index contributed by atoms with van der Waals surface area (Å²) >= 11 is 0. The van der Waals surface area contributed by atoms with Gasteiger partial charge in [-0.1, -0.05) is 47.6 Å². The second-order valence-electron chi connectivity index (χ2n) is 13.7. The van der Waals surface area contributed by atoms with Gasteiger partial charge in [0.05, 0.1) is 12.2 Å². The summed E-state index contributed by atoms with van der Waals surface area (Å²) < 4.78 is 0. The Morgan fingerprint density at radius 2 is 1.53 bits per heavy atom. The maximum Gasteiger partial charge on any atom is 0.0630 e. The van der Waals surface area contributed by atoms with Gasteiger partial charge in [0.1, 0.15) is 0 Å². The van der Waals surface area contributed by atoms with Gasteiger partial charge in [0, 0.05) is 12.4 Å². The predicted molar refractivity (Wildman–Crippen MR) is 129 cm³/mol. The lowest BCUT2D eigenvalue weighted by Gasteiger charge is -2.77. The van der Waals surface area contributed by atoms with Gasteiger partial charge in [0.2, 0.25) is 0 Å². The monoisotopic (exact) mass is 439 g/mol. The molecule has 0 bridgehead atoms. The highest BCUT2D eigenvalue weighted by atomic mass is 16.3. The number of fused-ring (bicyclic) bond motifs is 5. The molecule has 0 radical (unpaired) electrons. The Hall–Kier alpha value is -0.930. The Morgan fingerprint density at radius 3 is 2.22 bits per heavy atom. The molecule has 0 aromatic carbocycles. The van der Waals surface area contributed by atoms with E-state index in [0.717, 1.165) is 38.5 Å². The molecular weight excluding hydrogens is 394 g/mol. The first-order chi connectivity index (χ1) is 14.9. The van der Waals surface area contributed by atoms with E-state index in [-0.39, 0.29) is 44.7 Å². The first-order valence-electron chi connectivity index (χ1n) is 13.1. The molecule has 2 unspecified atom stereocenters. The Labute approximate surface area is 195 Å². The van der Waals surface area contributed by atoms with Crippen molar-refractivity contribution in [3.05, 3.63) is 30.1 Å². The fourth-order valence-corrected chi connectivity index (χ4v) is 10.3. The number of hydrogen-bond donors (Lipinski definition) is 2. The van der Waals surface area contributed by atoms with Gasteiger partial charge in [0.15, 0.2) is 0 Å². The molecule has 1 aromatic heterocycles. The van der Waals surface area contributed by atoms with Gasteiger partial charge in [-0.05, 0) is 108 Å². The van der Waals surface area contributed by atoms with Crippen LogP contribution in [-0.4, -0.2) is 27.4 Å². The summed E-state index contributed by atoms with van der Waals surface area (Å²) in [6.07, 6.45) is 13.2. The summed E-state index contributed by atoms with van der Waals surface area (Å²) in [7, 11) is 0. The van der Waals surface area contributed by atoms with E-state index in [2.05, 4.69) is 52.6 Å². The summed E-state index contributed by atoms with van der Waals surface area (Å²) in [4.78, 5) is 4.33. The molecular formula is C29H45NO2. The molecule has 178 valence electrons. The number of rotatable bonds is 2. The Morgan fingerprint density at radius 1 is 0.844 bits per heavy atom. The van der Waals surface area contributed by atoms with Crippen molar-refractivity contribution in [3.63, 3.8) is 0 Å². The molecule has 4 aliphatic rings. The molecule has 32 heavy (non-hydrogen) atoms. The third-order valence-corrected chi connectivity index (χ3v) is 13.2. The first-order valence-corrected chi connectivity index (χ1v) is 13.1. The maximum absolute atomic E-state index is 11.8. The fraction of sp³-hybridized carbons (Fsp3) is 0.828. The Bertz CT molecular complexity index is 888. The molecule has 0 aliphatic heterocycles. The van der Waals surface area contributed by atoms with Gasteiger partial charge in [-0.15, -0.1) is 0 Å². The lowest BCUT2D eigenvalue weighted by Crippen LogP contribution is -2.70. The number of aliphatic hydroxyl groups is 2. The molecule has 3 heteroatoms. The number of aromatic nitrogens is 1. The first kappa shape index (κ1) is 22.8. The lowest BCUT2D eigenvalue weighted by molar-refractivity contribution is -0.292. The largest absolute Gasteiger partial charge is 0.393 e. The molecule has 4 saturated carbocycles. The minimum absolute atomic E-state index is 0.0492.